The van der Waals surface area contributed by atoms with Gasteiger partial charge in [-0.1, -0.05) is 0 Å². The second-order valence-corrected chi connectivity index (χ2v) is 4.43. The van der Waals surface area contributed by atoms with Crippen LogP contribution >= 0.6 is 0 Å². The molecular weight excluding hydrogens is 184 g/mol. The van der Waals surface area contributed by atoms with Gasteiger partial charge in [-0.05, 0) is 6.42 Å². The van der Waals surface area contributed by atoms with E-state index in [1.807, 2.05) is 0 Å². The van der Waals surface area contributed by atoms with E-state index < -0.39 is 27.3 Å². The van der Waals surface area contributed by atoms with Crippen LogP contribution in [0.2, 0.25) is 0 Å². The lowest BCUT2D eigenvalue weighted by molar-refractivity contribution is -0.119. The van der Waals surface area contributed by atoms with Crippen LogP contribution in [0.3, 0.4) is 0 Å². The van der Waals surface area contributed by atoms with Gasteiger partial charge in [0.05, 0.1) is 6.04 Å². The van der Waals surface area contributed by atoms with Crippen molar-refractivity contribution in [2.24, 2.45) is 5.73 Å². The number of rotatable bonds is 2. The third kappa shape index (κ3) is 1.93. The van der Waals surface area contributed by atoms with Crippen molar-refractivity contribution in [3.05, 3.63) is 0 Å². The Morgan fingerprint density at radius 2 is 2.17 bits per heavy atom. The summed E-state index contributed by atoms with van der Waals surface area (Å²) in [6.07, 6.45) is 0.0498. The first-order valence-corrected chi connectivity index (χ1v) is 4.90. The topological polar surface area (TPSA) is 109 Å². The monoisotopic (exact) mass is 194 g/mol. The average Bonchev–Trinajstić information content (AvgIpc) is 2.30. The molecule has 0 unspecified atom stereocenters. The molecule has 0 bridgehead atoms. The summed E-state index contributed by atoms with van der Waals surface area (Å²) in [6.45, 7) is 0.0758. The predicted octanol–water partition coefficient (Wildman–Crippen LogP) is -1.91. The van der Waals surface area contributed by atoms with Crippen molar-refractivity contribution in [2.45, 2.75) is 17.7 Å². The predicted molar refractivity (Wildman–Crippen MR) is 40.9 cm³/mol. The van der Waals surface area contributed by atoms with E-state index in [9.17, 15) is 13.2 Å². The molecule has 1 rings (SSSR count). The van der Waals surface area contributed by atoms with Crippen molar-refractivity contribution in [3.8, 4) is 0 Å². The number of hydrogen-bond donors (Lipinski definition) is 3. The van der Waals surface area contributed by atoms with Gasteiger partial charge in [0.2, 0.25) is 5.91 Å². The van der Waals surface area contributed by atoms with Crippen LogP contribution in [-0.4, -0.2) is 36.7 Å². The van der Waals surface area contributed by atoms with E-state index in [0.717, 1.165) is 0 Å². The van der Waals surface area contributed by atoms with Crippen LogP contribution in [0.4, 0.5) is 0 Å². The molecule has 1 saturated heterocycles. The molecule has 6 nitrogen and oxygen atoms in total. The third-order valence-corrected chi connectivity index (χ3v) is 3.06. The molecule has 1 fully saturated rings. The number of primary amides is 1. The molecule has 0 aromatic rings. The highest BCUT2D eigenvalue weighted by atomic mass is 32.2. The van der Waals surface area contributed by atoms with Gasteiger partial charge in [0, 0.05) is 6.54 Å². The smallest absolute Gasteiger partial charge is 0.269 e. The molecule has 12 heavy (non-hydrogen) atoms. The maximum atomic E-state index is 10.6. The Bertz CT molecular complexity index is 286. The van der Waals surface area contributed by atoms with Crippen molar-refractivity contribution < 1.29 is 17.8 Å². The zero-order valence-corrected chi connectivity index (χ0v) is 7.04. The molecule has 0 radical (unpaired) electrons. The number of carbonyl (C=O) groups is 1. The van der Waals surface area contributed by atoms with Crippen molar-refractivity contribution >= 4 is 16.0 Å². The summed E-state index contributed by atoms with van der Waals surface area (Å²) in [5.74, 6) is -0.596. The molecule has 0 aromatic heterocycles. The molecule has 1 heterocycles. The van der Waals surface area contributed by atoms with E-state index in [0.29, 0.717) is 0 Å². The largest absolute Gasteiger partial charge is 0.368 e. The Morgan fingerprint density at radius 1 is 1.58 bits per heavy atom. The minimum atomic E-state index is -4.04. The second-order valence-electron chi connectivity index (χ2n) is 2.74. The highest BCUT2D eigenvalue weighted by Gasteiger charge is 2.35. The van der Waals surface area contributed by atoms with Gasteiger partial charge in [-0.2, -0.15) is 8.42 Å². The van der Waals surface area contributed by atoms with Gasteiger partial charge in [0.15, 0.2) is 0 Å². The number of amides is 1. The van der Waals surface area contributed by atoms with Crippen molar-refractivity contribution in [3.63, 3.8) is 0 Å². The number of nitrogens with one attached hydrogen (secondary N) is 1. The van der Waals surface area contributed by atoms with Crippen molar-refractivity contribution in [1.82, 2.24) is 5.32 Å². The first-order chi connectivity index (χ1) is 5.41. The molecule has 0 aromatic carbocycles. The molecule has 0 spiro atoms. The maximum Gasteiger partial charge on any atom is 0.269 e. The summed E-state index contributed by atoms with van der Waals surface area (Å²) in [4.78, 5) is 10.6. The van der Waals surface area contributed by atoms with Gasteiger partial charge < -0.3 is 11.1 Å². The zero-order valence-electron chi connectivity index (χ0n) is 6.23. The molecule has 1 aliphatic heterocycles. The first-order valence-electron chi connectivity index (χ1n) is 3.40. The van der Waals surface area contributed by atoms with Gasteiger partial charge in [-0.15, -0.1) is 0 Å². The molecule has 0 aliphatic carbocycles. The standard InChI is InChI=1S/C5H10N2O4S/c6-5(8)4-1-3(2-7-4)12(9,10)11/h3-4,7H,1-2H2,(H2,6,8)(H,9,10,11)/t3-,4-/m0/s1. The second kappa shape index (κ2) is 3.00. The molecule has 1 amide bonds. The molecule has 2 atom stereocenters. The quantitative estimate of drug-likeness (QED) is 0.444. The van der Waals surface area contributed by atoms with Crippen LogP contribution in [0.5, 0.6) is 0 Å². The average molecular weight is 194 g/mol. The molecule has 4 N–H and O–H groups in total. The number of nitrogens with two attached hydrogens (primary N) is 1. The lowest BCUT2D eigenvalue weighted by atomic mass is 10.2. The van der Waals surface area contributed by atoms with Gasteiger partial charge in [-0.25, -0.2) is 0 Å². The fourth-order valence-corrected chi connectivity index (χ4v) is 1.89. The number of carbonyl (C=O) groups excluding carboxylic acids is 1. The Morgan fingerprint density at radius 3 is 2.42 bits per heavy atom. The van der Waals surface area contributed by atoms with Crippen molar-refractivity contribution in [1.29, 1.82) is 0 Å². The van der Waals surface area contributed by atoms with E-state index in [1.54, 1.807) is 0 Å². The fourth-order valence-electron chi connectivity index (χ4n) is 1.15. The SMILES string of the molecule is NC(=O)[C@@H]1C[C@H](S(=O)(=O)O)CN1. The Hall–Kier alpha value is -0.660. The third-order valence-electron chi connectivity index (χ3n) is 1.86. The van der Waals surface area contributed by atoms with Crippen LogP contribution in [0.1, 0.15) is 6.42 Å². The molecule has 70 valence electrons. The molecular formula is C5H10N2O4S. The Labute approximate surface area is 69.9 Å². The summed E-state index contributed by atoms with van der Waals surface area (Å²) in [5.41, 5.74) is 4.93. The van der Waals surface area contributed by atoms with Crippen LogP contribution in [0.15, 0.2) is 0 Å². The zero-order chi connectivity index (χ0) is 9.35. The molecule has 0 saturated carbocycles. The number of hydrogen-bond acceptors (Lipinski definition) is 4. The van der Waals surface area contributed by atoms with Gasteiger partial charge in [-0.3, -0.25) is 9.35 Å². The van der Waals surface area contributed by atoms with E-state index >= 15 is 0 Å². The summed E-state index contributed by atoms with van der Waals surface area (Å²) in [7, 11) is -4.04. The fraction of sp³-hybridized carbons (Fsp3) is 0.800. The molecule has 1 aliphatic rings. The van der Waals surface area contributed by atoms with E-state index in [1.165, 1.54) is 0 Å². The lowest BCUT2D eigenvalue weighted by Crippen LogP contribution is -2.36. The lowest BCUT2D eigenvalue weighted by Gasteiger charge is -2.03. The minimum absolute atomic E-state index is 0.0498. The minimum Gasteiger partial charge on any atom is -0.368 e. The van der Waals surface area contributed by atoms with Gasteiger partial charge >= 0.3 is 0 Å². The van der Waals surface area contributed by atoms with Gasteiger partial charge in [0.25, 0.3) is 10.1 Å². The van der Waals surface area contributed by atoms with Crippen LogP contribution < -0.4 is 11.1 Å². The normalized spacial score (nSPS) is 30.4. The van der Waals surface area contributed by atoms with E-state index in [2.05, 4.69) is 5.32 Å². The summed E-state index contributed by atoms with van der Waals surface area (Å²) in [6, 6.07) is -0.642. The summed E-state index contributed by atoms with van der Waals surface area (Å²) < 4.78 is 29.7. The van der Waals surface area contributed by atoms with E-state index in [-0.39, 0.29) is 13.0 Å². The van der Waals surface area contributed by atoms with Crippen molar-refractivity contribution in [2.75, 3.05) is 6.54 Å². The maximum absolute atomic E-state index is 10.6. The van der Waals surface area contributed by atoms with E-state index in [4.69, 9.17) is 10.3 Å². The van der Waals surface area contributed by atoms with Gasteiger partial charge in [0.1, 0.15) is 5.25 Å². The summed E-state index contributed by atoms with van der Waals surface area (Å²) >= 11 is 0. The Kier molecular flexibility index (Phi) is 2.36. The van der Waals surface area contributed by atoms with Crippen LogP contribution in [-0.2, 0) is 14.9 Å². The Balaban J connectivity index is 2.64. The summed E-state index contributed by atoms with van der Waals surface area (Å²) in [5, 5.41) is 1.69. The highest BCUT2D eigenvalue weighted by Crippen LogP contribution is 2.13. The van der Waals surface area contributed by atoms with Crippen LogP contribution in [0, 0.1) is 0 Å². The van der Waals surface area contributed by atoms with Crippen LogP contribution in [0.25, 0.3) is 0 Å². The highest BCUT2D eigenvalue weighted by molar-refractivity contribution is 7.86. The molecule has 7 heteroatoms. The first kappa shape index (κ1) is 9.43.